The van der Waals surface area contributed by atoms with E-state index in [-0.39, 0.29) is 0 Å². The number of aromatic nitrogens is 3. The number of nitrogen functional groups attached to an aromatic ring is 1. The molecule has 0 bridgehead atoms. The van der Waals surface area contributed by atoms with Gasteiger partial charge in [-0.3, -0.25) is 5.32 Å². The van der Waals surface area contributed by atoms with Crippen LogP contribution in [-0.4, -0.2) is 26.3 Å². The fourth-order valence-electron chi connectivity index (χ4n) is 1.41. The minimum absolute atomic E-state index is 0.328. The van der Waals surface area contributed by atoms with Crippen LogP contribution in [0.15, 0.2) is 18.3 Å². The number of carbonyl (C=O) groups excluding carboxylic acids is 1. The van der Waals surface area contributed by atoms with E-state index in [1.54, 1.807) is 33.0 Å². The molecule has 0 saturated carbocycles. The van der Waals surface area contributed by atoms with E-state index in [1.165, 1.54) is 10.6 Å². The summed E-state index contributed by atoms with van der Waals surface area (Å²) >= 11 is 0. The molecule has 0 atom stereocenters. The largest absolute Gasteiger partial charge is 0.444 e. The summed E-state index contributed by atoms with van der Waals surface area (Å²) in [7, 11) is 0. The van der Waals surface area contributed by atoms with Gasteiger partial charge in [0.1, 0.15) is 17.2 Å². The highest BCUT2D eigenvalue weighted by Gasteiger charge is 2.17. The Morgan fingerprint density at radius 3 is 2.89 bits per heavy atom. The van der Waals surface area contributed by atoms with Crippen molar-refractivity contribution in [1.82, 2.24) is 14.6 Å². The van der Waals surface area contributed by atoms with Crippen LogP contribution in [0.2, 0.25) is 0 Å². The lowest BCUT2D eigenvalue weighted by Gasteiger charge is -2.19. The molecule has 3 N–H and O–H groups in total. The molecule has 0 aliphatic carbocycles. The highest BCUT2D eigenvalue weighted by Crippen LogP contribution is 2.14. The summed E-state index contributed by atoms with van der Waals surface area (Å²) in [6, 6.07) is 3.21. The SMILES string of the molecule is CC(C)(C)OC(=O)Nc1cc(N)n2nccc2n1. The Bertz CT molecular complexity index is 585. The maximum Gasteiger partial charge on any atom is 0.413 e. The molecule has 2 aromatic rings. The first-order valence-corrected chi connectivity index (χ1v) is 5.45. The summed E-state index contributed by atoms with van der Waals surface area (Å²) in [5.41, 5.74) is 5.77. The first-order chi connectivity index (χ1) is 8.35. The van der Waals surface area contributed by atoms with Crippen LogP contribution in [0.4, 0.5) is 16.4 Å². The molecule has 0 fully saturated rings. The second-order valence-electron chi connectivity index (χ2n) is 4.79. The van der Waals surface area contributed by atoms with Crippen LogP contribution in [0.1, 0.15) is 20.8 Å². The Hall–Kier alpha value is -2.31. The van der Waals surface area contributed by atoms with Crippen LogP contribution >= 0.6 is 0 Å². The Kier molecular flexibility index (Phi) is 2.82. The monoisotopic (exact) mass is 249 g/mol. The minimum Gasteiger partial charge on any atom is -0.444 e. The summed E-state index contributed by atoms with van der Waals surface area (Å²) in [6.45, 7) is 5.36. The third-order valence-electron chi connectivity index (χ3n) is 2.02. The molecule has 0 aliphatic heterocycles. The standard InChI is InChI=1S/C11H15N5O2/c1-11(2,3)18-10(17)15-8-6-7(12)16-9(14-8)4-5-13-16/h4-6H,12H2,1-3H3,(H,14,15,17). The second-order valence-corrected chi connectivity index (χ2v) is 4.79. The molecule has 2 heterocycles. The van der Waals surface area contributed by atoms with E-state index in [0.29, 0.717) is 17.3 Å². The molecule has 7 heteroatoms. The average Bonchev–Trinajstić information content (AvgIpc) is 2.62. The van der Waals surface area contributed by atoms with E-state index < -0.39 is 11.7 Å². The minimum atomic E-state index is -0.571. The van der Waals surface area contributed by atoms with Gasteiger partial charge in [0.15, 0.2) is 5.65 Å². The van der Waals surface area contributed by atoms with E-state index in [1.807, 2.05) is 0 Å². The molecule has 2 aromatic heterocycles. The van der Waals surface area contributed by atoms with Gasteiger partial charge in [0, 0.05) is 12.1 Å². The number of nitrogens with zero attached hydrogens (tertiary/aromatic N) is 3. The van der Waals surface area contributed by atoms with Crippen molar-refractivity contribution in [1.29, 1.82) is 0 Å². The maximum absolute atomic E-state index is 11.6. The zero-order valence-electron chi connectivity index (χ0n) is 10.5. The van der Waals surface area contributed by atoms with Gasteiger partial charge in [-0.25, -0.2) is 9.78 Å². The van der Waals surface area contributed by atoms with Gasteiger partial charge in [-0.2, -0.15) is 9.61 Å². The lowest BCUT2D eigenvalue weighted by molar-refractivity contribution is 0.0635. The first-order valence-electron chi connectivity index (χ1n) is 5.45. The lowest BCUT2D eigenvalue weighted by atomic mass is 10.2. The van der Waals surface area contributed by atoms with E-state index >= 15 is 0 Å². The van der Waals surface area contributed by atoms with Crippen molar-refractivity contribution in [3.05, 3.63) is 18.3 Å². The lowest BCUT2D eigenvalue weighted by Crippen LogP contribution is -2.27. The van der Waals surface area contributed by atoms with Crippen LogP contribution in [0.25, 0.3) is 5.65 Å². The molecule has 0 unspecified atom stereocenters. The van der Waals surface area contributed by atoms with E-state index in [9.17, 15) is 4.79 Å². The Morgan fingerprint density at radius 2 is 2.22 bits per heavy atom. The number of carbonyl (C=O) groups is 1. The molecule has 0 spiro atoms. The zero-order valence-corrected chi connectivity index (χ0v) is 10.5. The average molecular weight is 249 g/mol. The van der Waals surface area contributed by atoms with Gasteiger partial charge >= 0.3 is 6.09 Å². The number of rotatable bonds is 1. The summed E-state index contributed by atoms with van der Waals surface area (Å²) < 4.78 is 6.59. The van der Waals surface area contributed by atoms with Crippen LogP contribution in [-0.2, 0) is 4.74 Å². The van der Waals surface area contributed by atoms with Crippen molar-refractivity contribution in [2.24, 2.45) is 0 Å². The topological polar surface area (TPSA) is 94.5 Å². The Labute approximate surface area is 104 Å². The van der Waals surface area contributed by atoms with Crippen molar-refractivity contribution < 1.29 is 9.53 Å². The molecular weight excluding hydrogens is 234 g/mol. The summed E-state index contributed by atoms with van der Waals surface area (Å²) in [5, 5.41) is 6.51. The molecule has 96 valence electrons. The van der Waals surface area contributed by atoms with Crippen molar-refractivity contribution in [3.63, 3.8) is 0 Å². The molecule has 0 aromatic carbocycles. The third kappa shape index (κ3) is 2.68. The fraction of sp³-hybridized carbons (Fsp3) is 0.364. The molecule has 7 nitrogen and oxygen atoms in total. The molecule has 18 heavy (non-hydrogen) atoms. The van der Waals surface area contributed by atoms with Crippen molar-refractivity contribution in [2.45, 2.75) is 26.4 Å². The van der Waals surface area contributed by atoms with Gasteiger partial charge in [0.25, 0.3) is 0 Å². The fourth-order valence-corrected chi connectivity index (χ4v) is 1.41. The predicted molar refractivity (Wildman–Crippen MR) is 67.3 cm³/mol. The number of fused-ring (bicyclic) bond motifs is 1. The Balaban J connectivity index is 2.19. The van der Waals surface area contributed by atoms with Crippen LogP contribution < -0.4 is 11.1 Å². The molecule has 0 aliphatic rings. The highest BCUT2D eigenvalue weighted by molar-refractivity contribution is 5.84. The number of nitrogens with two attached hydrogens (primary N) is 1. The smallest absolute Gasteiger partial charge is 0.413 e. The van der Waals surface area contributed by atoms with Gasteiger partial charge < -0.3 is 10.5 Å². The predicted octanol–water partition coefficient (Wildman–Crippen LogP) is 1.66. The number of hydrogen-bond acceptors (Lipinski definition) is 5. The Morgan fingerprint density at radius 1 is 1.50 bits per heavy atom. The normalized spacial score (nSPS) is 11.5. The van der Waals surface area contributed by atoms with Crippen molar-refractivity contribution >= 4 is 23.4 Å². The quantitative estimate of drug-likeness (QED) is 0.801. The summed E-state index contributed by atoms with van der Waals surface area (Å²) in [6.07, 6.45) is 1.01. The van der Waals surface area contributed by atoms with Gasteiger partial charge in [0.05, 0.1) is 6.20 Å². The van der Waals surface area contributed by atoms with Gasteiger partial charge in [-0.15, -0.1) is 0 Å². The number of ether oxygens (including phenoxy) is 1. The highest BCUT2D eigenvalue weighted by atomic mass is 16.6. The number of anilines is 2. The number of hydrogen-bond donors (Lipinski definition) is 2. The van der Waals surface area contributed by atoms with Crippen molar-refractivity contribution in [3.8, 4) is 0 Å². The number of nitrogens with one attached hydrogen (secondary N) is 1. The van der Waals surface area contributed by atoms with Crippen LogP contribution in [0, 0.1) is 0 Å². The summed E-state index contributed by atoms with van der Waals surface area (Å²) in [4.78, 5) is 15.8. The molecule has 0 radical (unpaired) electrons. The molecule has 2 rings (SSSR count). The van der Waals surface area contributed by atoms with E-state index in [4.69, 9.17) is 10.5 Å². The van der Waals surface area contributed by atoms with Crippen molar-refractivity contribution in [2.75, 3.05) is 11.1 Å². The van der Waals surface area contributed by atoms with E-state index in [2.05, 4.69) is 15.4 Å². The van der Waals surface area contributed by atoms with Gasteiger partial charge in [0.2, 0.25) is 0 Å². The van der Waals surface area contributed by atoms with E-state index in [0.717, 1.165) is 0 Å². The zero-order chi connectivity index (χ0) is 13.3. The van der Waals surface area contributed by atoms with Crippen LogP contribution in [0.3, 0.4) is 0 Å². The van der Waals surface area contributed by atoms with Gasteiger partial charge in [-0.05, 0) is 20.8 Å². The molecule has 1 amide bonds. The third-order valence-corrected chi connectivity index (χ3v) is 2.02. The van der Waals surface area contributed by atoms with Gasteiger partial charge in [-0.1, -0.05) is 0 Å². The van der Waals surface area contributed by atoms with Crippen LogP contribution in [0.5, 0.6) is 0 Å². The maximum atomic E-state index is 11.6. The second kappa shape index (κ2) is 4.17. The molecule has 0 saturated heterocycles. The summed E-state index contributed by atoms with van der Waals surface area (Å²) in [5.74, 6) is 0.714. The number of amides is 1. The molecular formula is C11H15N5O2. The first kappa shape index (κ1) is 12.2.